The SMILES string of the molecule is CC.Cc1nc(N2CCCCC2)ncc1-c1scc(NC(=O)C(/C=C\N)=C/N)c1C(=O)O. The second-order valence-electron chi connectivity index (χ2n) is 6.81. The molecule has 0 radical (unpaired) electrons. The summed E-state index contributed by atoms with van der Waals surface area (Å²) in [6, 6.07) is 0. The molecule has 32 heavy (non-hydrogen) atoms. The summed E-state index contributed by atoms with van der Waals surface area (Å²) in [6.45, 7) is 7.67. The standard InChI is InChI=1S/C20H24N6O3S.C2H6/c1-12-14(10-23-20(24-12)26-7-3-2-4-8-26)17-16(19(28)29)15(11-30-17)25-18(27)13(9-22)5-6-21;1-2/h5-6,9-11H,2-4,7-8,21-22H2,1H3,(H,25,27)(H,28,29);1-2H3/b6-5-,13-9+;. The number of hydrogen-bond acceptors (Lipinski definition) is 8. The highest BCUT2D eigenvalue weighted by Crippen LogP contribution is 2.37. The number of piperidine rings is 1. The quantitative estimate of drug-likeness (QED) is 0.380. The number of aromatic nitrogens is 2. The van der Waals surface area contributed by atoms with Crippen molar-refractivity contribution in [3.05, 3.63) is 46.9 Å². The van der Waals surface area contributed by atoms with Crippen LogP contribution in [-0.4, -0.2) is 40.0 Å². The smallest absolute Gasteiger partial charge is 0.339 e. The van der Waals surface area contributed by atoms with Gasteiger partial charge in [-0.25, -0.2) is 14.8 Å². The van der Waals surface area contributed by atoms with Gasteiger partial charge < -0.3 is 26.8 Å². The van der Waals surface area contributed by atoms with Gasteiger partial charge in [0.1, 0.15) is 5.56 Å². The highest BCUT2D eigenvalue weighted by atomic mass is 32.1. The number of rotatable bonds is 6. The molecule has 172 valence electrons. The Morgan fingerprint density at radius 3 is 2.47 bits per heavy atom. The summed E-state index contributed by atoms with van der Waals surface area (Å²) in [5, 5.41) is 14.0. The molecule has 0 bridgehead atoms. The minimum Gasteiger partial charge on any atom is -0.478 e. The Labute approximate surface area is 191 Å². The fraction of sp³-hybridized carbons (Fsp3) is 0.364. The summed E-state index contributed by atoms with van der Waals surface area (Å²) in [4.78, 5) is 36.0. The molecule has 9 nitrogen and oxygen atoms in total. The van der Waals surface area contributed by atoms with Crippen LogP contribution in [0.3, 0.4) is 0 Å². The van der Waals surface area contributed by atoms with Gasteiger partial charge in [0.15, 0.2) is 0 Å². The zero-order valence-electron chi connectivity index (χ0n) is 18.6. The van der Waals surface area contributed by atoms with E-state index in [4.69, 9.17) is 11.5 Å². The van der Waals surface area contributed by atoms with E-state index in [-0.39, 0.29) is 16.8 Å². The molecule has 0 unspecified atom stereocenters. The molecule has 0 aliphatic carbocycles. The second kappa shape index (κ2) is 11.8. The number of amides is 1. The fourth-order valence-corrected chi connectivity index (χ4v) is 4.34. The number of anilines is 2. The molecule has 0 saturated carbocycles. The first-order valence-electron chi connectivity index (χ1n) is 10.5. The molecule has 0 aromatic carbocycles. The molecule has 1 fully saturated rings. The first-order chi connectivity index (χ1) is 15.5. The molecule has 6 N–H and O–H groups in total. The third kappa shape index (κ3) is 5.64. The Morgan fingerprint density at radius 1 is 1.22 bits per heavy atom. The Bertz CT molecular complexity index is 1010. The molecule has 3 heterocycles. The average molecular weight is 459 g/mol. The predicted octanol–water partition coefficient (Wildman–Crippen LogP) is 3.48. The van der Waals surface area contributed by atoms with E-state index < -0.39 is 11.9 Å². The topological polar surface area (TPSA) is 147 Å². The number of aryl methyl sites for hydroxylation is 1. The summed E-state index contributed by atoms with van der Waals surface area (Å²) in [7, 11) is 0. The van der Waals surface area contributed by atoms with Gasteiger partial charge in [0.2, 0.25) is 5.95 Å². The average Bonchev–Trinajstić information content (AvgIpc) is 3.22. The monoisotopic (exact) mass is 458 g/mol. The van der Waals surface area contributed by atoms with Crippen LogP contribution in [0.1, 0.15) is 49.2 Å². The zero-order valence-corrected chi connectivity index (χ0v) is 19.4. The van der Waals surface area contributed by atoms with Crippen molar-refractivity contribution in [2.45, 2.75) is 40.0 Å². The third-order valence-corrected chi connectivity index (χ3v) is 5.83. The molecule has 1 amide bonds. The van der Waals surface area contributed by atoms with Gasteiger partial charge in [-0.05, 0) is 38.5 Å². The van der Waals surface area contributed by atoms with Crippen molar-refractivity contribution in [1.29, 1.82) is 0 Å². The van der Waals surface area contributed by atoms with Gasteiger partial charge in [-0.3, -0.25) is 4.79 Å². The van der Waals surface area contributed by atoms with E-state index in [1.54, 1.807) is 11.6 Å². The van der Waals surface area contributed by atoms with Crippen molar-refractivity contribution in [1.82, 2.24) is 9.97 Å². The summed E-state index contributed by atoms with van der Waals surface area (Å²) < 4.78 is 0. The van der Waals surface area contributed by atoms with Gasteiger partial charge in [-0.1, -0.05) is 13.8 Å². The number of nitrogens with zero attached hydrogens (tertiary/aromatic N) is 3. The van der Waals surface area contributed by atoms with E-state index in [0.29, 0.717) is 22.1 Å². The van der Waals surface area contributed by atoms with Crippen LogP contribution in [0.25, 0.3) is 10.4 Å². The van der Waals surface area contributed by atoms with Gasteiger partial charge in [-0.2, -0.15) is 0 Å². The number of carbonyl (C=O) groups excluding carboxylic acids is 1. The first kappa shape index (κ1) is 24.9. The molecule has 1 aliphatic rings. The normalized spacial score (nSPS) is 14.1. The number of hydrogen-bond donors (Lipinski definition) is 4. The lowest BCUT2D eigenvalue weighted by Crippen LogP contribution is -2.31. The van der Waals surface area contributed by atoms with Gasteiger partial charge in [0.05, 0.1) is 21.8 Å². The lowest BCUT2D eigenvalue weighted by atomic mass is 10.1. The van der Waals surface area contributed by atoms with Gasteiger partial charge >= 0.3 is 5.97 Å². The summed E-state index contributed by atoms with van der Waals surface area (Å²) in [5.41, 5.74) is 12.3. The van der Waals surface area contributed by atoms with Crippen molar-refractivity contribution in [3.63, 3.8) is 0 Å². The summed E-state index contributed by atoms with van der Waals surface area (Å²) in [5.74, 6) is -1.06. The third-order valence-electron chi connectivity index (χ3n) is 4.82. The minimum atomic E-state index is -1.16. The molecule has 2 aromatic heterocycles. The van der Waals surface area contributed by atoms with Crippen LogP contribution in [0.15, 0.2) is 35.6 Å². The van der Waals surface area contributed by atoms with E-state index in [1.165, 1.54) is 30.0 Å². The summed E-state index contributed by atoms with van der Waals surface area (Å²) in [6.07, 6.45) is 8.70. The van der Waals surface area contributed by atoms with Crippen LogP contribution in [0, 0.1) is 6.92 Å². The van der Waals surface area contributed by atoms with Crippen LogP contribution < -0.4 is 21.7 Å². The maximum absolute atomic E-state index is 12.4. The van der Waals surface area contributed by atoms with Gasteiger partial charge in [0.25, 0.3) is 5.91 Å². The van der Waals surface area contributed by atoms with E-state index in [9.17, 15) is 14.7 Å². The number of carboxylic acid groups (broad SMARTS) is 1. The Morgan fingerprint density at radius 2 is 1.91 bits per heavy atom. The molecule has 10 heteroatoms. The number of carboxylic acids is 1. The molecule has 2 aromatic rings. The summed E-state index contributed by atoms with van der Waals surface area (Å²) >= 11 is 1.21. The van der Waals surface area contributed by atoms with Crippen LogP contribution in [-0.2, 0) is 4.79 Å². The Balaban J connectivity index is 0.00000176. The highest BCUT2D eigenvalue weighted by Gasteiger charge is 2.24. The van der Waals surface area contributed by atoms with E-state index >= 15 is 0 Å². The Hall–Kier alpha value is -3.40. The van der Waals surface area contributed by atoms with Crippen molar-refractivity contribution < 1.29 is 14.7 Å². The van der Waals surface area contributed by atoms with Crippen molar-refractivity contribution in [2.24, 2.45) is 11.5 Å². The number of carbonyl (C=O) groups is 2. The van der Waals surface area contributed by atoms with Crippen LogP contribution in [0.4, 0.5) is 11.6 Å². The largest absolute Gasteiger partial charge is 0.478 e. The lowest BCUT2D eigenvalue weighted by molar-refractivity contribution is -0.112. The van der Waals surface area contributed by atoms with Gasteiger partial charge in [0, 0.05) is 36.4 Å². The number of thiophene rings is 1. The van der Waals surface area contributed by atoms with Crippen molar-refractivity contribution in [2.75, 3.05) is 23.3 Å². The number of nitrogens with two attached hydrogens (primary N) is 2. The van der Waals surface area contributed by atoms with Crippen LogP contribution >= 0.6 is 11.3 Å². The van der Waals surface area contributed by atoms with E-state index in [1.807, 2.05) is 20.8 Å². The Kier molecular flexibility index (Phi) is 9.21. The zero-order chi connectivity index (χ0) is 23.7. The molecule has 0 spiro atoms. The maximum atomic E-state index is 12.4. The lowest BCUT2D eigenvalue weighted by Gasteiger charge is -2.26. The van der Waals surface area contributed by atoms with Crippen molar-refractivity contribution in [3.8, 4) is 10.4 Å². The molecule has 1 aliphatic heterocycles. The first-order valence-corrected chi connectivity index (χ1v) is 11.4. The fourth-order valence-electron chi connectivity index (χ4n) is 3.29. The molecule has 0 atom stereocenters. The molecule has 1 saturated heterocycles. The molecular weight excluding hydrogens is 428 g/mol. The van der Waals surface area contributed by atoms with Crippen LogP contribution in [0.2, 0.25) is 0 Å². The maximum Gasteiger partial charge on any atom is 0.339 e. The van der Waals surface area contributed by atoms with Crippen LogP contribution in [0.5, 0.6) is 0 Å². The highest BCUT2D eigenvalue weighted by molar-refractivity contribution is 7.14. The molecule has 3 rings (SSSR count). The van der Waals surface area contributed by atoms with E-state index in [2.05, 4.69) is 20.2 Å². The number of nitrogens with one attached hydrogen (secondary N) is 1. The number of aromatic carboxylic acids is 1. The van der Waals surface area contributed by atoms with E-state index in [0.717, 1.165) is 32.1 Å². The second-order valence-corrected chi connectivity index (χ2v) is 7.69. The molecular formula is C22H30N6O3S. The van der Waals surface area contributed by atoms with Crippen molar-refractivity contribution >= 4 is 34.8 Å². The predicted molar refractivity (Wildman–Crippen MR) is 129 cm³/mol. The minimum absolute atomic E-state index is 0.0149. The van der Waals surface area contributed by atoms with Gasteiger partial charge in [-0.15, -0.1) is 11.3 Å².